The third kappa shape index (κ3) is 3.02. The van der Waals surface area contributed by atoms with Gasteiger partial charge in [0.1, 0.15) is 11.3 Å². The van der Waals surface area contributed by atoms with Crippen LogP contribution in [0.5, 0.6) is 5.75 Å². The molecule has 122 valence electrons. The minimum absolute atomic E-state index is 0.147. The summed E-state index contributed by atoms with van der Waals surface area (Å²) in [6, 6.07) is 21.7. The van der Waals surface area contributed by atoms with Crippen molar-refractivity contribution < 1.29 is 13.9 Å². The molecule has 0 radical (unpaired) electrons. The summed E-state index contributed by atoms with van der Waals surface area (Å²) >= 11 is 0. The van der Waals surface area contributed by atoms with Gasteiger partial charge in [-0.15, -0.1) is 0 Å². The standard InChI is InChI=1S/C21H14O4/c22-18(16-10-9-14-5-1-2-6-15(14)11-16)13-24-20-12-21(23)25-19-8-4-3-7-17(19)20/h1-12H,13H2. The van der Waals surface area contributed by atoms with E-state index in [1.807, 2.05) is 42.5 Å². The molecular weight excluding hydrogens is 316 g/mol. The van der Waals surface area contributed by atoms with Gasteiger partial charge in [0.2, 0.25) is 0 Å². The van der Waals surface area contributed by atoms with Gasteiger partial charge in [-0.05, 0) is 29.0 Å². The van der Waals surface area contributed by atoms with Crippen LogP contribution in [0.3, 0.4) is 0 Å². The third-order valence-electron chi connectivity index (χ3n) is 4.04. The minimum Gasteiger partial charge on any atom is -0.484 e. The summed E-state index contributed by atoms with van der Waals surface area (Å²) in [4.78, 5) is 24.1. The molecule has 4 rings (SSSR count). The van der Waals surface area contributed by atoms with Crippen molar-refractivity contribution in [3.63, 3.8) is 0 Å². The Labute approximate surface area is 143 Å². The van der Waals surface area contributed by atoms with Gasteiger partial charge in [0.25, 0.3) is 0 Å². The molecule has 0 saturated carbocycles. The third-order valence-corrected chi connectivity index (χ3v) is 4.04. The Morgan fingerprint density at radius 2 is 1.64 bits per heavy atom. The second-order valence-electron chi connectivity index (χ2n) is 5.70. The van der Waals surface area contributed by atoms with Gasteiger partial charge in [0.15, 0.2) is 12.4 Å². The number of hydrogen-bond donors (Lipinski definition) is 0. The molecule has 0 N–H and O–H groups in total. The fourth-order valence-electron chi connectivity index (χ4n) is 2.79. The van der Waals surface area contributed by atoms with Crippen LogP contribution in [0.25, 0.3) is 21.7 Å². The van der Waals surface area contributed by atoms with E-state index in [1.54, 1.807) is 24.3 Å². The van der Waals surface area contributed by atoms with Crippen LogP contribution in [-0.2, 0) is 0 Å². The second kappa shape index (κ2) is 6.24. The molecule has 4 nitrogen and oxygen atoms in total. The predicted octanol–water partition coefficient (Wildman–Crippen LogP) is 4.21. The SMILES string of the molecule is O=C(COc1cc(=O)oc2ccccc12)c1ccc2ccccc2c1. The van der Waals surface area contributed by atoms with Crippen LogP contribution in [-0.4, -0.2) is 12.4 Å². The van der Waals surface area contributed by atoms with Crippen molar-refractivity contribution in [1.29, 1.82) is 0 Å². The molecule has 0 saturated heterocycles. The smallest absolute Gasteiger partial charge is 0.339 e. The molecule has 0 fully saturated rings. The van der Waals surface area contributed by atoms with Crippen molar-refractivity contribution in [2.24, 2.45) is 0 Å². The summed E-state index contributed by atoms with van der Waals surface area (Å²) < 4.78 is 10.7. The summed E-state index contributed by atoms with van der Waals surface area (Å²) in [6.45, 7) is -0.147. The molecule has 25 heavy (non-hydrogen) atoms. The number of fused-ring (bicyclic) bond motifs is 2. The molecule has 0 bridgehead atoms. The number of ether oxygens (including phenoxy) is 1. The predicted molar refractivity (Wildman–Crippen MR) is 96.3 cm³/mol. The normalized spacial score (nSPS) is 10.9. The van der Waals surface area contributed by atoms with E-state index < -0.39 is 5.63 Å². The van der Waals surface area contributed by atoms with E-state index in [2.05, 4.69) is 0 Å². The van der Waals surface area contributed by atoms with Crippen molar-refractivity contribution in [1.82, 2.24) is 0 Å². The number of ketones is 1. The molecule has 3 aromatic carbocycles. The van der Waals surface area contributed by atoms with Gasteiger partial charge in [-0.25, -0.2) is 4.79 Å². The molecule has 4 heteroatoms. The Hall–Kier alpha value is -3.40. The summed E-state index contributed by atoms with van der Waals surface area (Å²) in [5.74, 6) is 0.198. The number of para-hydroxylation sites is 1. The first-order valence-electron chi connectivity index (χ1n) is 7.88. The number of hydrogen-bond acceptors (Lipinski definition) is 4. The van der Waals surface area contributed by atoms with E-state index in [9.17, 15) is 9.59 Å². The van der Waals surface area contributed by atoms with Gasteiger partial charge in [-0.2, -0.15) is 0 Å². The molecule has 0 aliphatic heterocycles. The average Bonchev–Trinajstić information content (AvgIpc) is 2.65. The fourth-order valence-corrected chi connectivity index (χ4v) is 2.79. The van der Waals surface area contributed by atoms with Crippen LogP contribution in [0.4, 0.5) is 0 Å². The number of Topliss-reactive ketones (excluding diaryl/α,β-unsaturated/α-hetero) is 1. The maximum Gasteiger partial charge on any atom is 0.339 e. The highest BCUT2D eigenvalue weighted by Crippen LogP contribution is 2.23. The molecule has 0 aliphatic rings. The molecule has 0 unspecified atom stereocenters. The van der Waals surface area contributed by atoms with Gasteiger partial charge < -0.3 is 9.15 Å². The first-order valence-corrected chi connectivity index (χ1v) is 7.88. The number of carbonyl (C=O) groups is 1. The quantitative estimate of drug-likeness (QED) is 0.415. The van der Waals surface area contributed by atoms with E-state index in [-0.39, 0.29) is 12.4 Å². The Balaban J connectivity index is 1.60. The molecule has 0 amide bonds. The number of rotatable bonds is 4. The van der Waals surface area contributed by atoms with Crippen molar-refractivity contribution in [2.75, 3.05) is 6.61 Å². The van der Waals surface area contributed by atoms with Gasteiger partial charge in [-0.1, -0.05) is 48.5 Å². The molecule has 0 spiro atoms. The van der Waals surface area contributed by atoms with Crippen molar-refractivity contribution >= 4 is 27.5 Å². The molecule has 1 aromatic heterocycles. The topological polar surface area (TPSA) is 56.5 Å². The number of benzene rings is 3. The maximum absolute atomic E-state index is 12.5. The highest BCUT2D eigenvalue weighted by Gasteiger charge is 2.11. The zero-order chi connectivity index (χ0) is 17.2. The lowest BCUT2D eigenvalue weighted by atomic mass is 10.0. The van der Waals surface area contributed by atoms with Crippen LogP contribution in [0.1, 0.15) is 10.4 Å². The van der Waals surface area contributed by atoms with Gasteiger partial charge >= 0.3 is 5.63 Å². The van der Waals surface area contributed by atoms with Crippen LogP contribution >= 0.6 is 0 Å². The van der Waals surface area contributed by atoms with E-state index in [0.29, 0.717) is 22.3 Å². The zero-order valence-corrected chi connectivity index (χ0v) is 13.3. The summed E-state index contributed by atoms with van der Waals surface area (Å²) in [7, 11) is 0. The van der Waals surface area contributed by atoms with Crippen molar-refractivity contribution in [3.8, 4) is 5.75 Å². The Morgan fingerprint density at radius 1 is 0.880 bits per heavy atom. The van der Waals surface area contributed by atoms with Gasteiger partial charge in [-0.3, -0.25) is 4.79 Å². The van der Waals surface area contributed by atoms with Crippen molar-refractivity contribution in [3.05, 3.63) is 88.8 Å². The van der Waals surface area contributed by atoms with E-state index in [1.165, 1.54) is 6.07 Å². The Bertz CT molecular complexity index is 1140. The molecule has 1 heterocycles. The summed E-state index contributed by atoms with van der Waals surface area (Å²) in [5, 5.41) is 2.74. The largest absolute Gasteiger partial charge is 0.484 e. The molecule has 4 aromatic rings. The van der Waals surface area contributed by atoms with Crippen LogP contribution < -0.4 is 10.4 Å². The molecular formula is C21H14O4. The lowest BCUT2D eigenvalue weighted by Gasteiger charge is -2.08. The Morgan fingerprint density at radius 3 is 2.52 bits per heavy atom. The molecule has 0 aliphatic carbocycles. The number of carbonyl (C=O) groups excluding carboxylic acids is 1. The minimum atomic E-state index is -0.508. The van der Waals surface area contributed by atoms with E-state index in [4.69, 9.17) is 9.15 Å². The van der Waals surface area contributed by atoms with Crippen LogP contribution in [0.15, 0.2) is 82.0 Å². The summed E-state index contributed by atoms with van der Waals surface area (Å²) in [5.41, 5.74) is 0.501. The monoisotopic (exact) mass is 330 g/mol. The van der Waals surface area contributed by atoms with Gasteiger partial charge in [0, 0.05) is 5.56 Å². The Kier molecular flexibility index (Phi) is 3.78. The summed E-state index contributed by atoms with van der Waals surface area (Å²) in [6.07, 6.45) is 0. The lowest BCUT2D eigenvalue weighted by molar-refractivity contribution is 0.0922. The first kappa shape index (κ1) is 15.1. The highest BCUT2D eigenvalue weighted by molar-refractivity contribution is 6.01. The average molecular weight is 330 g/mol. The maximum atomic E-state index is 12.5. The van der Waals surface area contributed by atoms with E-state index in [0.717, 1.165) is 10.8 Å². The van der Waals surface area contributed by atoms with Crippen LogP contribution in [0, 0.1) is 0 Å². The van der Waals surface area contributed by atoms with Gasteiger partial charge in [0.05, 0.1) is 11.5 Å². The lowest BCUT2D eigenvalue weighted by Crippen LogP contribution is -2.12. The second-order valence-corrected chi connectivity index (χ2v) is 5.70. The van der Waals surface area contributed by atoms with Crippen molar-refractivity contribution in [2.45, 2.75) is 0 Å². The first-order chi connectivity index (χ1) is 12.2. The fraction of sp³-hybridized carbons (Fsp3) is 0.0476. The molecule has 0 atom stereocenters. The van der Waals surface area contributed by atoms with E-state index >= 15 is 0 Å². The highest BCUT2D eigenvalue weighted by atomic mass is 16.5. The zero-order valence-electron chi connectivity index (χ0n) is 13.3. The van der Waals surface area contributed by atoms with Crippen LogP contribution in [0.2, 0.25) is 0 Å².